The summed E-state index contributed by atoms with van der Waals surface area (Å²) < 4.78 is 5.82. The van der Waals surface area contributed by atoms with E-state index in [4.69, 9.17) is 4.74 Å². The van der Waals surface area contributed by atoms with Crippen LogP contribution in [-0.4, -0.2) is 105 Å². The van der Waals surface area contributed by atoms with Crippen LogP contribution in [-0.2, 0) is 9.53 Å². The van der Waals surface area contributed by atoms with Crippen LogP contribution >= 0.6 is 0 Å². The molecule has 3 amide bonds. The Morgan fingerprint density at radius 3 is 2.45 bits per heavy atom. The molecule has 0 aromatic carbocycles. The molecule has 8 heteroatoms. The number of likely N-dealkylation sites (tertiary alicyclic amines) is 1. The maximum atomic E-state index is 12.5. The average molecular weight is 440 g/mol. The van der Waals surface area contributed by atoms with Gasteiger partial charge in [0.1, 0.15) is 0 Å². The van der Waals surface area contributed by atoms with Crippen molar-refractivity contribution in [2.45, 2.75) is 53.1 Å². The second kappa shape index (κ2) is 13.9. The molecule has 1 unspecified atom stereocenters. The summed E-state index contributed by atoms with van der Waals surface area (Å²) in [7, 11) is 0. The Balaban J connectivity index is 1.61. The molecule has 0 saturated carbocycles. The van der Waals surface area contributed by atoms with Crippen LogP contribution in [0, 0.1) is 11.8 Å². The van der Waals surface area contributed by atoms with E-state index in [0.717, 1.165) is 71.7 Å². The van der Waals surface area contributed by atoms with E-state index in [1.165, 1.54) is 0 Å². The van der Waals surface area contributed by atoms with Crippen LogP contribution < -0.4 is 10.6 Å². The maximum Gasteiger partial charge on any atom is 0.317 e. The van der Waals surface area contributed by atoms with E-state index < -0.39 is 0 Å². The average Bonchev–Trinajstić information content (AvgIpc) is 2.77. The summed E-state index contributed by atoms with van der Waals surface area (Å²) in [6.07, 6.45) is 2.50. The van der Waals surface area contributed by atoms with Gasteiger partial charge in [-0.2, -0.15) is 0 Å². The van der Waals surface area contributed by atoms with E-state index in [-0.39, 0.29) is 24.0 Å². The molecule has 0 bridgehead atoms. The van der Waals surface area contributed by atoms with Crippen LogP contribution in [0.15, 0.2) is 0 Å². The summed E-state index contributed by atoms with van der Waals surface area (Å²) in [4.78, 5) is 31.6. The zero-order chi connectivity index (χ0) is 22.6. The number of ether oxygens (including phenoxy) is 1. The predicted molar refractivity (Wildman–Crippen MR) is 124 cm³/mol. The summed E-state index contributed by atoms with van der Waals surface area (Å²) in [5, 5.41) is 6.11. The van der Waals surface area contributed by atoms with Crippen molar-refractivity contribution in [3.8, 4) is 0 Å². The van der Waals surface area contributed by atoms with Gasteiger partial charge in [0.25, 0.3) is 0 Å². The molecule has 31 heavy (non-hydrogen) atoms. The zero-order valence-corrected chi connectivity index (χ0v) is 20.2. The Bertz CT molecular complexity index is 533. The summed E-state index contributed by atoms with van der Waals surface area (Å²) in [5.74, 6) is 0.790. The van der Waals surface area contributed by atoms with Crippen LogP contribution in [0.3, 0.4) is 0 Å². The molecule has 2 aliphatic rings. The van der Waals surface area contributed by atoms with E-state index in [2.05, 4.69) is 48.1 Å². The molecule has 2 heterocycles. The first-order chi connectivity index (χ1) is 14.9. The standard InChI is InChI=1S/C23H45N5O3/c1-5-26(6-2)11-7-10-24-22(29)20-8-12-28(13-9-20)23(30)25-16-21-18-27(14-15-31-21)17-19(3)4/h19-21H,5-18H2,1-4H3,(H,24,29)(H,25,30). The number of rotatable bonds is 11. The molecular formula is C23H45N5O3. The molecule has 0 aromatic rings. The highest BCUT2D eigenvalue weighted by Gasteiger charge is 2.28. The number of morpholine rings is 1. The number of nitrogens with one attached hydrogen (secondary N) is 2. The van der Waals surface area contributed by atoms with E-state index in [9.17, 15) is 9.59 Å². The fourth-order valence-electron chi connectivity index (χ4n) is 4.44. The predicted octanol–water partition coefficient (Wildman–Crippen LogP) is 1.61. The Labute approximate surface area is 189 Å². The van der Waals surface area contributed by atoms with E-state index in [1.807, 2.05) is 4.90 Å². The van der Waals surface area contributed by atoms with Gasteiger partial charge >= 0.3 is 6.03 Å². The van der Waals surface area contributed by atoms with Crippen molar-refractivity contribution in [1.82, 2.24) is 25.3 Å². The fraction of sp³-hybridized carbons (Fsp3) is 0.913. The van der Waals surface area contributed by atoms with E-state index in [0.29, 0.717) is 25.6 Å². The van der Waals surface area contributed by atoms with Crippen molar-refractivity contribution in [1.29, 1.82) is 0 Å². The highest BCUT2D eigenvalue weighted by Crippen LogP contribution is 2.17. The van der Waals surface area contributed by atoms with Gasteiger partial charge in [0.2, 0.25) is 5.91 Å². The minimum Gasteiger partial charge on any atom is -0.374 e. The molecule has 2 fully saturated rings. The molecule has 0 aliphatic carbocycles. The molecule has 0 aromatic heterocycles. The van der Waals surface area contributed by atoms with Gasteiger partial charge in [-0.15, -0.1) is 0 Å². The fourth-order valence-corrected chi connectivity index (χ4v) is 4.44. The molecule has 2 saturated heterocycles. The first kappa shape index (κ1) is 25.9. The second-order valence-corrected chi connectivity index (χ2v) is 9.27. The molecule has 2 aliphatic heterocycles. The number of carbonyl (C=O) groups is 2. The third kappa shape index (κ3) is 9.33. The summed E-state index contributed by atoms with van der Waals surface area (Å²) in [6, 6.07) is -0.0392. The van der Waals surface area contributed by atoms with Gasteiger partial charge in [0.15, 0.2) is 0 Å². The number of piperidine rings is 1. The van der Waals surface area contributed by atoms with Crippen molar-refractivity contribution in [2.24, 2.45) is 11.8 Å². The first-order valence-electron chi connectivity index (χ1n) is 12.3. The number of amides is 3. The summed E-state index contributed by atoms with van der Waals surface area (Å²) >= 11 is 0. The highest BCUT2D eigenvalue weighted by molar-refractivity contribution is 5.79. The normalized spacial score (nSPS) is 21.0. The van der Waals surface area contributed by atoms with Gasteiger partial charge in [-0.25, -0.2) is 4.79 Å². The Morgan fingerprint density at radius 1 is 1.10 bits per heavy atom. The van der Waals surface area contributed by atoms with Crippen LogP contribution in [0.4, 0.5) is 4.79 Å². The molecule has 0 radical (unpaired) electrons. The van der Waals surface area contributed by atoms with Crippen LogP contribution in [0.1, 0.15) is 47.0 Å². The van der Waals surface area contributed by atoms with Crippen molar-refractivity contribution >= 4 is 11.9 Å². The SMILES string of the molecule is CCN(CC)CCCNC(=O)C1CCN(C(=O)NCC2CN(CC(C)C)CCO2)CC1. The molecule has 2 N–H and O–H groups in total. The van der Waals surface area contributed by atoms with Crippen LogP contribution in [0.5, 0.6) is 0 Å². The first-order valence-corrected chi connectivity index (χ1v) is 12.3. The molecule has 8 nitrogen and oxygen atoms in total. The Kier molecular flexibility index (Phi) is 11.6. The third-order valence-electron chi connectivity index (χ3n) is 6.32. The number of nitrogens with zero attached hydrogens (tertiary/aromatic N) is 3. The topological polar surface area (TPSA) is 77.2 Å². The van der Waals surface area contributed by atoms with Crippen molar-refractivity contribution in [3.05, 3.63) is 0 Å². The molecule has 180 valence electrons. The minimum absolute atomic E-state index is 0.0174. The Hall–Kier alpha value is -1.38. The third-order valence-corrected chi connectivity index (χ3v) is 6.32. The monoisotopic (exact) mass is 439 g/mol. The lowest BCUT2D eigenvalue weighted by molar-refractivity contribution is -0.126. The minimum atomic E-state index is -0.0392. The largest absolute Gasteiger partial charge is 0.374 e. The summed E-state index contributed by atoms with van der Waals surface area (Å²) in [5.41, 5.74) is 0. The molecule has 1 atom stereocenters. The second-order valence-electron chi connectivity index (χ2n) is 9.27. The number of hydrogen-bond donors (Lipinski definition) is 2. The van der Waals surface area contributed by atoms with E-state index in [1.54, 1.807) is 0 Å². The van der Waals surface area contributed by atoms with Crippen molar-refractivity contribution in [2.75, 3.05) is 72.1 Å². The van der Waals surface area contributed by atoms with Gasteiger partial charge in [-0.3, -0.25) is 9.69 Å². The highest BCUT2D eigenvalue weighted by atomic mass is 16.5. The zero-order valence-electron chi connectivity index (χ0n) is 20.2. The smallest absolute Gasteiger partial charge is 0.317 e. The number of carbonyl (C=O) groups excluding carboxylic acids is 2. The maximum absolute atomic E-state index is 12.5. The molecule has 0 spiro atoms. The van der Waals surface area contributed by atoms with Gasteiger partial charge in [-0.05, 0) is 44.8 Å². The molecule has 2 rings (SSSR count). The van der Waals surface area contributed by atoms with Gasteiger partial charge in [0.05, 0.1) is 12.7 Å². The van der Waals surface area contributed by atoms with Crippen LogP contribution in [0.25, 0.3) is 0 Å². The van der Waals surface area contributed by atoms with Crippen LogP contribution in [0.2, 0.25) is 0 Å². The lowest BCUT2D eigenvalue weighted by atomic mass is 9.96. The lowest BCUT2D eigenvalue weighted by Crippen LogP contribution is -2.52. The van der Waals surface area contributed by atoms with Crippen molar-refractivity contribution < 1.29 is 14.3 Å². The Morgan fingerprint density at radius 2 is 1.81 bits per heavy atom. The molecular weight excluding hydrogens is 394 g/mol. The summed E-state index contributed by atoms with van der Waals surface area (Å²) in [6.45, 7) is 18.1. The number of urea groups is 1. The van der Waals surface area contributed by atoms with Crippen molar-refractivity contribution in [3.63, 3.8) is 0 Å². The van der Waals surface area contributed by atoms with Gasteiger partial charge in [-0.1, -0.05) is 27.7 Å². The quantitative estimate of drug-likeness (QED) is 0.479. The van der Waals surface area contributed by atoms with E-state index >= 15 is 0 Å². The lowest BCUT2D eigenvalue weighted by Gasteiger charge is -2.35. The van der Waals surface area contributed by atoms with Gasteiger partial charge in [0, 0.05) is 51.7 Å². The van der Waals surface area contributed by atoms with Gasteiger partial charge < -0.3 is 25.2 Å². The number of hydrogen-bond acceptors (Lipinski definition) is 5.